The van der Waals surface area contributed by atoms with Gasteiger partial charge >= 0.3 is 5.97 Å². The molecule has 0 spiro atoms. The monoisotopic (exact) mass is 310 g/mol. The topological polar surface area (TPSA) is 76.2 Å². The van der Waals surface area contributed by atoms with Gasteiger partial charge in [-0.15, -0.1) is 11.8 Å². The summed E-state index contributed by atoms with van der Waals surface area (Å²) in [6.07, 6.45) is 2.01. The molecule has 0 saturated heterocycles. The van der Waals surface area contributed by atoms with Gasteiger partial charge in [-0.25, -0.2) is 4.39 Å². The summed E-state index contributed by atoms with van der Waals surface area (Å²) in [7, 11) is 0. The quantitative estimate of drug-likeness (QED) is 0.595. The first-order valence-electron chi connectivity index (χ1n) is 6.55. The van der Waals surface area contributed by atoms with E-state index in [2.05, 4.69) is 10.1 Å². The molecule has 0 bridgehead atoms. The van der Waals surface area contributed by atoms with Gasteiger partial charge in [-0.3, -0.25) is 4.79 Å². The molecule has 2 rings (SSSR count). The van der Waals surface area contributed by atoms with Crippen LogP contribution in [0.15, 0.2) is 33.7 Å². The lowest BCUT2D eigenvalue weighted by atomic mass is 10.2. The molecule has 0 aliphatic heterocycles. The number of carboxylic acid groups (broad SMARTS) is 1. The number of hydrogen-bond acceptors (Lipinski definition) is 5. The van der Waals surface area contributed by atoms with Crippen LogP contribution < -0.4 is 0 Å². The van der Waals surface area contributed by atoms with Crippen molar-refractivity contribution in [3.05, 3.63) is 41.8 Å². The van der Waals surface area contributed by atoms with Crippen molar-refractivity contribution >= 4 is 17.7 Å². The SMILES string of the molecule is O=C(O)CCCCc1nc(CSc2cccc(F)c2)no1. The summed E-state index contributed by atoms with van der Waals surface area (Å²) in [5, 5.41) is 12.4. The van der Waals surface area contributed by atoms with Gasteiger partial charge in [0, 0.05) is 17.7 Å². The van der Waals surface area contributed by atoms with Crippen LogP contribution in [0.4, 0.5) is 4.39 Å². The summed E-state index contributed by atoms with van der Waals surface area (Å²) in [5.74, 6) is 0.495. The van der Waals surface area contributed by atoms with E-state index in [1.165, 1.54) is 23.9 Å². The summed E-state index contributed by atoms with van der Waals surface area (Å²) >= 11 is 1.43. The smallest absolute Gasteiger partial charge is 0.303 e. The van der Waals surface area contributed by atoms with Gasteiger partial charge in [0.1, 0.15) is 5.82 Å². The van der Waals surface area contributed by atoms with Crippen LogP contribution in [0.25, 0.3) is 0 Å². The third-order valence-electron chi connectivity index (χ3n) is 2.71. The fraction of sp³-hybridized carbons (Fsp3) is 0.357. The molecule has 1 heterocycles. The number of carbonyl (C=O) groups is 1. The minimum absolute atomic E-state index is 0.149. The minimum atomic E-state index is -0.798. The normalized spacial score (nSPS) is 10.7. The first-order valence-corrected chi connectivity index (χ1v) is 7.53. The third kappa shape index (κ3) is 5.55. The van der Waals surface area contributed by atoms with Crippen molar-refractivity contribution in [1.29, 1.82) is 0 Å². The van der Waals surface area contributed by atoms with Crippen molar-refractivity contribution in [2.75, 3.05) is 0 Å². The number of hydrogen-bond donors (Lipinski definition) is 1. The molecule has 0 unspecified atom stereocenters. The maximum atomic E-state index is 13.0. The van der Waals surface area contributed by atoms with Crippen LogP contribution in [0.5, 0.6) is 0 Å². The van der Waals surface area contributed by atoms with Crippen molar-refractivity contribution < 1.29 is 18.8 Å². The van der Waals surface area contributed by atoms with Crippen molar-refractivity contribution in [1.82, 2.24) is 10.1 Å². The van der Waals surface area contributed by atoms with Crippen LogP contribution in [0.1, 0.15) is 31.0 Å². The Kier molecular flexibility index (Phi) is 5.74. The highest BCUT2D eigenvalue weighted by molar-refractivity contribution is 7.98. The van der Waals surface area contributed by atoms with E-state index in [0.717, 1.165) is 4.90 Å². The van der Waals surface area contributed by atoms with Crippen molar-refractivity contribution in [2.45, 2.75) is 36.3 Å². The standard InChI is InChI=1S/C14H15FN2O3S/c15-10-4-3-5-11(8-10)21-9-12-16-13(20-17-12)6-1-2-7-14(18)19/h3-5,8H,1-2,6-7,9H2,(H,18,19). The Morgan fingerprint density at radius 2 is 2.24 bits per heavy atom. The Morgan fingerprint density at radius 1 is 1.38 bits per heavy atom. The summed E-state index contributed by atoms with van der Waals surface area (Å²) < 4.78 is 18.1. The molecule has 7 heteroatoms. The number of nitrogens with zero attached hydrogens (tertiary/aromatic N) is 2. The third-order valence-corrected chi connectivity index (χ3v) is 3.70. The molecule has 0 aliphatic rings. The molecule has 0 amide bonds. The lowest BCUT2D eigenvalue weighted by Crippen LogP contribution is -1.95. The van der Waals surface area contributed by atoms with Crippen LogP contribution >= 0.6 is 11.8 Å². The molecular weight excluding hydrogens is 295 g/mol. The number of unbranched alkanes of at least 4 members (excludes halogenated alkanes) is 1. The lowest BCUT2D eigenvalue weighted by Gasteiger charge is -1.97. The summed E-state index contributed by atoms with van der Waals surface area (Å²) in [5.41, 5.74) is 0. The number of thioether (sulfide) groups is 1. The first kappa shape index (κ1) is 15.5. The summed E-state index contributed by atoms with van der Waals surface area (Å²) in [4.78, 5) is 15.4. The van der Waals surface area contributed by atoms with Crippen molar-refractivity contribution in [2.24, 2.45) is 0 Å². The Balaban J connectivity index is 1.76. The molecule has 1 aromatic carbocycles. The van der Waals surface area contributed by atoms with Gasteiger partial charge in [-0.1, -0.05) is 11.2 Å². The summed E-state index contributed by atoms with van der Waals surface area (Å²) in [6.45, 7) is 0. The molecule has 0 aliphatic carbocycles. The molecule has 0 atom stereocenters. The van der Waals surface area contributed by atoms with Gasteiger partial charge in [-0.2, -0.15) is 4.98 Å². The van der Waals surface area contributed by atoms with Gasteiger partial charge < -0.3 is 9.63 Å². The average molecular weight is 310 g/mol. The number of aromatic nitrogens is 2. The second-order valence-electron chi connectivity index (χ2n) is 4.45. The minimum Gasteiger partial charge on any atom is -0.481 e. The first-order chi connectivity index (χ1) is 10.1. The van der Waals surface area contributed by atoms with E-state index in [1.54, 1.807) is 6.07 Å². The zero-order chi connectivity index (χ0) is 15.1. The Labute approximate surface area is 125 Å². The highest BCUT2D eigenvalue weighted by atomic mass is 32.2. The predicted molar refractivity (Wildman–Crippen MR) is 75.4 cm³/mol. The number of halogens is 1. The molecule has 0 radical (unpaired) electrons. The van der Waals surface area contributed by atoms with Gasteiger partial charge in [0.2, 0.25) is 5.89 Å². The molecule has 21 heavy (non-hydrogen) atoms. The molecule has 1 aromatic heterocycles. The van der Waals surface area contributed by atoms with E-state index in [4.69, 9.17) is 9.63 Å². The molecule has 1 N–H and O–H groups in total. The zero-order valence-electron chi connectivity index (χ0n) is 11.3. The number of carboxylic acids is 1. The predicted octanol–water partition coefficient (Wildman–Crippen LogP) is 3.30. The molecule has 112 valence electrons. The van der Waals surface area contributed by atoms with Gasteiger partial charge in [0.25, 0.3) is 0 Å². The molecule has 0 fully saturated rings. The van der Waals surface area contributed by atoms with Crippen LogP contribution in [0.2, 0.25) is 0 Å². The maximum Gasteiger partial charge on any atom is 0.303 e. The van der Waals surface area contributed by atoms with E-state index in [9.17, 15) is 9.18 Å². The van der Waals surface area contributed by atoms with Gasteiger partial charge in [0.15, 0.2) is 5.82 Å². The Hall–Kier alpha value is -1.89. The van der Waals surface area contributed by atoms with E-state index in [0.29, 0.717) is 36.7 Å². The number of benzene rings is 1. The second kappa shape index (κ2) is 7.78. The lowest BCUT2D eigenvalue weighted by molar-refractivity contribution is -0.137. The fourth-order valence-electron chi connectivity index (χ4n) is 1.71. The maximum absolute atomic E-state index is 13.0. The van der Waals surface area contributed by atoms with E-state index >= 15 is 0 Å². The van der Waals surface area contributed by atoms with Gasteiger partial charge in [-0.05, 0) is 31.0 Å². The van der Waals surface area contributed by atoms with Crippen LogP contribution in [0, 0.1) is 5.82 Å². The zero-order valence-corrected chi connectivity index (χ0v) is 12.1. The van der Waals surface area contributed by atoms with Crippen molar-refractivity contribution in [3.8, 4) is 0 Å². The van der Waals surface area contributed by atoms with Crippen molar-refractivity contribution in [3.63, 3.8) is 0 Å². The Bertz CT molecular complexity index is 603. The molecule has 2 aromatic rings. The van der Waals surface area contributed by atoms with Gasteiger partial charge in [0.05, 0.1) is 5.75 Å². The van der Waals surface area contributed by atoms with E-state index in [-0.39, 0.29) is 12.2 Å². The number of rotatable bonds is 8. The molecular formula is C14H15FN2O3S. The summed E-state index contributed by atoms with van der Waals surface area (Å²) in [6, 6.07) is 6.33. The van der Waals surface area contributed by atoms with E-state index < -0.39 is 5.97 Å². The average Bonchev–Trinajstić information content (AvgIpc) is 2.89. The number of aliphatic carboxylic acids is 1. The van der Waals surface area contributed by atoms with Crippen LogP contribution in [-0.2, 0) is 17.0 Å². The largest absolute Gasteiger partial charge is 0.481 e. The number of aryl methyl sites for hydroxylation is 1. The highest BCUT2D eigenvalue weighted by Crippen LogP contribution is 2.22. The fourth-order valence-corrected chi connectivity index (χ4v) is 2.49. The van der Waals surface area contributed by atoms with E-state index in [1.807, 2.05) is 6.07 Å². The highest BCUT2D eigenvalue weighted by Gasteiger charge is 2.07. The molecule has 5 nitrogen and oxygen atoms in total. The van der Waals surface area contributed by atoms with Crippen LogP contribution in [-0.4, -0.2) is 21.2 Å². The van der Waals surface area contributed by atoms with Crippen LogP contribution in [0.3, 0.4) is 0 Å². The molecule has 0 saturated carbocycles. The Morgan fingerprint density at radius 3 is 3.00 bits per heavy atom. The second-order valence-corrected chi connectivity index (χ2v) is 5.50.